The summed E-state index contributed by atoms with van der Waals surface area (Å²) in [6.45, 7) is 4.13. The summed E-state index contributed by atoms with van der Waals surface area (Å²) in [6, 6.07) is 0.853. The molecular formula is C24H30B6F3N5O. The number of allylic oxidation sites excluding steroid dienone is 2. The molecule has 3 fully saturated rings. The Bertz CT molecular complexity index is 1080. The lowest BCUT2D eigenvalue weighted by molar-refractivity contribution is -0.137. The summed E-state index contributed by atoms with van der Waals surface area (Å²) >= 11 is 0. The van der Waals surface area contributed by atoms with Crippen molar-refractivity contribution in [1.82, 2.24) is 9.88 Å². The molecule has 12 radical (unpaired) electrons. The van der Waals surface area contributed by atoms with E-state index in [2.05, 4.69) is 16.8 Å². The number of nitrogens with two attached hydrogens (primary N) is 3. The summed E-state index contributed by atoms with van der Waals surface area (Å²) in [6.07, 6.45) is 4.42. The van der Waals surface area contributed by atoms with Crippen molar-refractivity contribution in [2.75, 3.05) is 13.1 Å². The van der Waals surface area contributed by atoms with Crippen molar-refractivity contribution in [3.05, 3.63) is 47.6 Å². The molecule has 2 saturated heterocycles. The van der Waals surface area contributed by atoms with E-state index in [1.54, 1.807) is 0 Å². The molecule has 1 aromatic heterocycles. The van der Waals surface area contributed by atoms with Gasteiger partial charge in [-0.3, -0.25) is 4.98 Å². The molecule has 4 rings (SSSR count). The highest BCUT2D eigenvalue weighted by Crippen LogP contribution is 2.51. The molecule has 1 saturated carbocycles. The quantitative estimate of drug-likeness (QED) is 0.394. The largest absolute Gasteiger partial charge is 0.417 e. The van der Waals surface area contributed by atoms with E-state index in [1.165, 1.54) is 31.4 Å². The lowest BCUT2D eigenvalue weighted by atomic mass is 9.43. The monoisotopic (exact) mass is 527 g/mol. The molecule has 196 valence electrons. The third-order valence-electron chi connectivity index (χ3n) is 7.88. The number of nitrogens with zero attached hydrogens (tertiary/aromatic N) is 2. The van der Waals surface area contributed by atoms with E-state index in [-0.39, 0.29) is 23.0 Å². The van der Waals surface area contributed by atoms with E-state index in [1.807, 2.05) is 0 Å². The maximum Gasteiger partial charge on any atom is 0.417 e. The Morgan fingerprint density at radius 1 is 1.10 bits per heavy atom. The van der Waals surface area contributed by atoms with Crippen LogP contribution in [0.25, 0.3) is 5.70 Å². The number of fused-ring (bicyclic) bond motifs is 1. The van der Waals surface area contributed by atoms with Crippen molar-refractivity contribution >= 4 is 52.8 Å². The van der Waals surface area contributed by atoms with Gasteiger partial charge >= 0.3 is 6.18 Å². The minimum atomic E-state index is -4.49. The molecule has 1 unspecified atom stereocenters. The van der Waals surface area contributed by atoms with Crippen molar-refractivity contribution in [3.8, 4) is 0 Å². The summed E-state index contributed by atoms with van der Waals surface area (Å²) in [5, 5.41) is -3.85. The number of rotatable bonds is 4. The van der Waals surface area contributed by atoms with Crippen LogP contribution >= 0.6 is 0 Å². The standard InChI is InChI=1S/C14H19B6NO.C10H11F3N4/c1-11-4-2-3-9(11)7-21(8-11)14(19,20)10-5-12(15,16)22-13(17,18)6-10;11-10(12,13)7-3-4-17-5-6(7)8(14)1-2-9(15)16/h9-10H,2-8H2,1H3;1-5H,14-16H2/b;8-1-/t9?,11-;/m1./s1. The fourth-order valence-electron chi connectivity index (χ4n) is 5.90. The number of aromatic nitrogens is 1. The molecule has 0 spiro atoms. The fraction of sp³-hybridized carbons (Fsp3) is 0.625. The normalized spacial score (nSPS) is 27.3. The van der Waals surface area contributed by atoms with E-state index in [9.17, 15) is 13.2 Å². The van der Waals surface area contributed by atoms with Crippen molar-refractivity contribution < 1.29 is 17.9 Å². The molecule has 15 heteroatoms. The third-order valence-corrected chi connectivity index (χ3v) is 7.88. The Morgan fingerprint density at radius 2 is 1.72 bits per heavy atom. The number of hydrogen-bond acceptors (Lipinski definition) is 6. The van der Waals surface area contributed by atoms with Crippen LogP contribution in [0.2, 0.25) is 0 Å². The van der Waals surface area contributed by atoms with Crippen LogP contribution in [0.4, 0.5) is 13.2 Å². The molecule has 2 atom stereocenters. The summed E-state index contributed by atoms with van der Waals surface area (Å²) in [4.78, 5) is 5.77. The first kappa shape index (κ1) is 31.7. The molecule has 0 amide bonds. The maximum absolute atomic E-state index is 12.6. The molecule has 2 aliphatic heterocycles. The zero-order valence-corrected chi connectivity index (χ0v) is 22.1. The van der Waals surface area contributed by atoms with Gasteiger partial charge in [0.2, 0.25) is 0 Å². The first-order valence-corrected chi connectivity index (χ1v) is 12.6. The van der Waals surface area contributed by atoms with Crippen LogP contribution in [0.1, 0.15) is 50.2 Å². The second kappa shape index (κ2) is 11.2. The summed E-state index contributed by atoms with van der Waals surface area (Å²) < 4.78 is 43.2. The van der Waals surface area contributed by atoms with Gasteiger partial charge in [-0.05, 0) is 72.0 Å². The highest BCUT2D eigenvalue weighted by Gasteiger charge is 2.52. The summed E-state index contributed by atoms with van der Waals surface area (Å²) in [7, 11) is 36.7. The second-order valence-electron chi connectivity index (χ2n) is 11.3. The maximum atomic E-state index is 12.6. The van der Waals surface area contributed by atoms with E-state index >= 15 is 0 Å². The number of hydrogen-bond donors (Lipinski definition) is 3. The summed E-state index contributed by atoms with van der Waals surface area (Å²) in [5.41, 5.74) is 14.9. The number of alkyl halides is 3. The Kier molecular flexibility index (Phi) is 9.08. The minimum absolute atomic E-state index is 0.0506. The summed E-state index contributed by atoms with van der Waals surface area (Å²) in [5.74, 6) is 0.374. The topological polar surface area (TPSA) is 103 Å². The van der Waals surface area contributed by atoms with Crippen LogP contribution in [-0.2, 0) is 10.9 Å². The minimum Gasteiger partial charge on any atom is -0.407 e. The van der Waals surface area contributed by atoms with Gasteiger partial charge in [0.15, 0.2) is 0 Å². The zero-order chi connectivity index (χ0) is 29.4. The molecular weight excluding hydrogens is 496 g/mol. The molecule has 39 heavy (non-hydrogen) atoms. The smallest absolute Gasteiger partial charge is 0.407 e. The lowest BCUT2D eigenvalue weighted by Crippen LogP contribution is -2.63. The van der Waals surface area contributed by atoms with Gasteiger partial charge in [-0.1, -0.05) is 18.7 Å². The van der Waals surface area contributed by atoms with E-state index in [0.29, 0.717) is 24.2 Å². The first-order valence-electron chi connectivity index (χ1n) is 12.6. The predicted octanol–water partition coefficient (Wildman–Crippen LogP) is 0.666. The second-order valence-corrected chi connectivity index (χ2v) is 11.3. The molecule has 6 N–H and O–H groups in total. The number of pyridine rings is 1. The lowest BCUT2D eigenvalue weighted by Gasteiger charge is -2.55. The molecule has 1 aromatic rings. The van der Waals surface area contributed by atoms with Crippen LogP contribution in [0.15, 0.2) is 36.4 Å². The Balaban J connectivity index is 0.000000224. The Labute approximate surface area is 236 Å². The van der Waals surface area contributed by atoms with Crippen LogP contribution in [0.3, 0.4) is 0 Å². The van der Waals surface area contributed by atoms with Crippen LogP contribution in [-0.4, -0.2) is 86.2 Å². The third kappa shape index (κ3) is 7.66. The van der Waals surface area contributed by atoms with Gasteiger partial charge < -0.3 is 26.8 Å². The number of likely N-dealkylation sites (tertiary alicyclic amines) is 1. The zero-order valence-electron chi connectivity index (χ0n) is 22.1. The van der Waals surface area contributed by atoms with E-state index < -0.39 is 27.9 Å². The van der Waals surface area contributed by atoms with Crippen molar-refractivity contribution in [2.45, 2.75) is 61.3 Å². The highest BCUT2D eigenvalue weighted by atomic mass is 19.4. The Morgan fingerprint density at radius 3 is 2.26 bits per heavy atom. The molecule has 1 aliphatic carbocycles. The van der Waals surface area contributed by atoms with Gasteiger partial charge in [0, 0.05) is 36.7 Å². The van der Waals surface area contributed by atoms with Crippen molar-refractivity contribution in [1.29, 1.82) is 0 Å². The highest BCUT2D eigenvalue weighted by molar-refractivity contribution is 6.44. The van der Waals surface area contributed by atoms with E-state index in [0.717, 1.165) is 31.5 Å². The number of halogens is 3. The predicted molar refractivity (Wildman–Crippen MR) is 151 cm³/mol. The van der Waals surface area contributed by atoms with Crippen LogP contribution < -0.4 is 17.2 Å². The van der Waals surface area contributed by atoms with Crippen molar-refractivity contribution in [3.63, 3.8) is 0 Å². The van der Waals surface area contributed by atoms with Gasteiger partial charge in [0.25, 0.3) is 0 Å². The molecule has 0 aromatic carbocycles. The van der Waals surface area contributed by atoms with E-state index in [4.69, 9.17) is 69.0 Å². The molecule has 3 aliphatic rings. The molecule has 6 nitrogen and oxygen atoms in total. The SMILES string of the molecule is NC(N)=C/C=C(\N)c1cnccc1C(F)(F)F.[B]C1([B])CC(C([B])([B])N2CC3CCC[C@]3(C)C2)CC([B])([B])O1. The molecule has 0 bridgehead atoms. The van der Waals surface area contributed by atoms with Gasteiger partial charge in [-0.15, -0.1) is 0 Å². The van der Waals surface area contributed by atoms with Crippen LogP contribution in [0, 0.1) is 17.3 Å². The average molecular weight is 526 g/mol. The first-order chi connectivity index (χ1) is 17.8. The van der Waals surface area contributed by atoms with Gasteiger partial charge in [-0.25, -0.2) is 0 Å². The Hall–Kier alpha value is -1.87. The van der Waals surface area contributed by atoms with Gasteiger partial charge in [-0.2, -0.15) is 13.2 Å². The number of ether oxygens (including phenoxy) is 1. The fourth-order valence-corrected chi connectivity index (χ4v) is 5.90. The van der Waals surface area contributed by atoms with Crippen molar-refractivity contribution in [2.24, 2.45) is 34.5 Å². The van der Waals surface area contributed by atoms with Gasteiger partial charge in [0.05, 0.1) is 58.5 Å². The van der Waals surface area contributed by atoms with Crippen LogP contribution in [0.5, 0.6) is 0 Å². The molecule has 3 heterocycles. The van der Waals surface area contributed by atoms with Gasteiger partial charge in [0.1, 0.15) is 0 Å². The average Bonchev–Trinajstić information content (AvgIpc) is 3.30.